The lowest BCUT2D eigenvalue weighted by Gasteiger charge is -2.20. The highest BCUT2D eigenvalue weighted by molar-refractivity contribution is 7.89. The van der Waals surface area contributed by atoms with Gasteiger partial charge in [-0.2, -0.15) is 0 Å². The first kappa shape index (κ1) is 25.0. The predicted molar refractivity (Wildman–Crippen MR) is 147 cm³/mol. The van der Waals surface area contributed by atoms with E-state index < -0.39 is 10.0 Å². The van der Waals surface area contributed by atoms with Crippen LogP contribution in [0.15, 0.2) is 17.3 Å². The van der Waals surface area contributed by atoms with E-state index >= 15 is 0 Å². The summed E-state index contributed by atoms with van der Waals surface area (Å²) in [6.45, 7) is 7.47. The third-order valence-electron chi connectivity index (χ3n) is 9.20. The Morgan fingerprint density at radius 1 is 1.08 bits per heavy atom. The summed E-state index contributed by atoms with van der Waals surface area (Å²) in [5, 5.41) is 3.32. The molecule has 1 aliphatic heterocycles. The minimum absolute atomic E-state index is 0.00423. The summed E-state index contributed by atoms with van der Waals surface area (Å²) in [6, 6.07) is -0.00423. The maximum absolute atomic E-state index is 13.8. The van der Waals surface area contributed by atoms with E-state index in [4.69, 9.17) is 4.98 Å². The molecule has 3 aliphatic carbocycles. The first-order chi connectivity index (χ1) is 18.8. The van der Waals surface area contributed by atoms with E-state index in [-0.39, 0.29) is 17.4 Å². The molecule has 3 saturated carbocycles. The average Bonchev–Trinajstić information content (AvgIpc) is 3.83. The topological polar surface area (TPSA) is 136 Å². The highest BCUT2D eigenvalue weighted by Gasteiger charge is 2.57. The van der Waals surface area contributed by atoms with Gasteiger partial charge in [0, 0.05) is 31.6 Å². The van der Waals surface area contributed by atoms with Gasteiger partial charge in [0.25, 0.3) is 5.56 Å². The highest BCUT2D eigenvalue weighted by Crippen LogP contribution is 2.52. The van der Waals surface area contributed by atoms with Crippen molar-refractivity contribution in [2.24, 2.45) is 23.7 Å². The molecule has 0 aromatic carbocycles. The monoisotopic (exact) mass is 550 g/mol. The third-order valence-corrected chi connectivity index (χ3v) is 11.0. The van der Waals surface area contributed by atoms with Crippen molar-refractivity contribution >= 4 is 27.0 Å². The molecular formula is C27H34N8O3S. The maximum atomic E-state index is 13.8. The van der Waals surface area contributed by atoms with Gasteiger partial charge in [-0.1, -0.05) is 0 Å². The third kappa shape index (κ3) is 4.32. The van der Waals surface area contributed by atoms with Crippen molar-refractivity contribution in [1.29, 1.82) is 0 Å². The standard InChI is InChI=1S/C27H34N8O3S/c1-4-39(37,38)34-11-19-18(20(19)12-34)9-28-25-27(36)35(15(3)16-5-6-16)26-21(32-25)10-29-24(33-26)22-14(2)30-13-31-23(22)17-7-8-17/h10,13,15-20H,4-9,11-12H2,1-3H3,(H,28,32)/t15-,18?,19-,20+/m0/s1. The Bertz CT molecular complexity index is 1620. The number of aryl methyl sites for hydroxylation is 1. The van der Waals surface area contributed by atoms with E-state index in [2.05, 4.69) is 32.2 Å². The van der Waals surface area contributed by atoms with E-state index in [0.29, 0.717) is 72.0 Å². The summed E-state index contributed by atoms with van der Waals surface area (Å²) >= 11 is 0. The zero-order chi connectivity index (χ0) is 27.1. The molecule has 4 heterocycles. The zero-order valence-electron chi connectivity index (χ0n) is 22.5. The van der Waals surface area contributed by atoms with Crippen molar-refractivity contribution in [3.8, 4) is 11.4 Å². The minimum atomic E-state index is -3.14. The van der Waals surface area contributed by atoms with E-state index in [1.165, 1.54) is 0 Å². The largest absolute Gasteiger partial charge is 0.365 e. The number of piperidine rings is 1. The second-order valence-electron chi connectivity index (χ2n) is 11.7. The molecule has 4 fully saturated rings. The van der Waals surface area contributed by atoms with E-state index in [1.807, 2.05) is 6.92 Å². The van der Waals surface area contributed by atoms with Crippen LogP contribution >= 0.6 is 0 Å². The molecule has 0 spiro atoms. The molecule has 7 rings (SSSR count). The van der Waals surface area contributed by atoms with Crippen molar-refractivity contribution in [1.82, 2.24) is 33.8 Å². The van der Waals surface area contributed by atoms with Crippen LogP contribution in [0.1, 0.15) is 62.9 Å². The Morgan fingerprint density at radius 2 is 1.82 bits per heavy atom. The van der Waals surface area contributed by atoms with Gasteiger partial charge < -0.3 is 5.32 Å². The van der Waals surface area contributed by atoms with Crippen LogP contribution < -0.4 is 10.9 Å². The van der Waals surface area contributed by atoms with Crippen molar-refractivity contribution < 1.29 is 8.42 Å². The van der Waals surface area contributed by atoms with Gasteiger partial charge in [0.2, 0.25) is 10.0 Å². The summed E-state index contributed by atoms with van der Waals surface area (Å²) < 4.78 is 27.8. The van der Waals surface area contributed by atoms with Gasteiger partial charge in [-0.25, -0.2) is 37.6 Å². The van der Waals surface area contributed by atoms with Crippen molar-refractivity contribution in [3.05, 3.63) is 34.3 Å². The Kier molecular flexibility index (Phi) is 5.78. The lowest BCUT2D eigenvalue weighted by atomic mass is 10.1. The fourth-order valence-electron chi connectivity index (χ4n) is 6.38. The van der Waals surface area contributed by atoms with Gasteiger partial charge in [-0.3, -0.25) is 9.36 Å². The molecule has 0 amide bonds. The van der Waals surface area contributed by atoms with Crippen molar-refractivity contribution in [2.75, 3.05) is 30.7 Å². The van der Waals surface area contributed by atoms with Crippen LogP contribution in [-0.2, 0) is 10.0 Å². The second kappa shape index (κ2) is 9.02. The smallest absolute Gasteiger partial charge is 0.295 e. The van der Waals surface area contributed by atoms with E-state index in [0.717, 1.165) is 42.6 Å². The number of hydrogen-bond donors (Lipinski definition) is 1. The zero-order valence-corrected chi connectivity index (χ0v) is 23.4. The molecule has 39 heavy (non-hydrogen) atoms. The highest BCUT2D eigenvalue weighted by atomic mass is 32.2. The molecule has 0 radical (unpaired) electrons. The lowest BCUT2D eigenvalue weighted by Crippen LogP contribution is -2.34. The van der Waals surface area contributed by atoms with Crippen LogP contribution in [0.5, 0.6) is 0 Å². The van der Waals surface area contributed by atoms with Gasteiger partial charge in [-0.05, 0) is 70.1 Å². The molecule has 3 aromatic rings. The Balaban J connectivity index is 1.20. The van der Waals surface area contributed by atoms with Crippen LogP contribution in [0.4, 0.5) is 5.82 Å². The van der Waals surface area contributed by atoms with E-state index in [9.17, 15) is 13.2 Å². The maximum Gasteiger partial charge on any atom is 0.295 e. The number of hydrogen-bond acceptors (Lipinski definition) is 9. The molecule has 4 aliphatic rings. The van der Waals surface area contributed by atoms with Gasteiger partial charge in [-0.15, -0.1) is 0 Å². The van der Waals surface area contributed by atoms with Crippen molar-refractivity contribution in [2.45, 2.75) is 58.4 Å². The SMILES string of the molecule is CCS(=O)(=O)N1C[C@@H]2C(CNc3nc4cnc(-c5c(C)ncnc5C5CC5)nc4n([C@@H](C)C4CC4)c3=O)[C@@H]2C1. The number of sulfonamides is 1. The Labute approximate surface area is 227 Å². The summed E-state index contributed by atoms with van der Waals surface area (Å²) in [5.41, 5.74) is 3.63. The Morgan fingerprint density at radius 3 is 2.49 bits per heavy atom. The normalized spacial score (nSPS) is 25.6. The lowest BCUT2D eigenvalue weighted by molar-refractivity contribution is 0.417. The molecule has 3 aromatic heterocycles. The number of nitrogens with one attached hydrogen (secondary N) is 1. The molecule has 11 nitrogen and oxygen atoms in total. The number of nitrogens with zero attached hydrogens (tertiary/aromatic N) is 7. The van der Waals surface area contributed by atoms with E-state index in [1.54, 1.807) is 28.3 Å². The van der Waals surface area contributed by atoms with Crippen LogP contribution in [0.25, 0.3) is 22.6 Å². The van der Waals surface area contributed by atoms with Gasteiger partial charge in [0.15, 0.2) is 17.3 Å². The predicted octanol–water partition coefficient (Wildman–Crippen LogP) is 2.74. The van der Waals surface area contributed by atoms with Crippen molar-refractivity contribution in [3.63, 3.8) is 0 Å². The molecule has 1 N–H and O–H groups in total. The summed E-state index contributed by atoms with van der Waals surface area (Å²) in [4.78, 5) is 37.1. The first-order valence-electron chi connectivity index (χ1n) is 14.1. The number of fused-ring (bicyclic) bond motifs is 2. The molecule has 1 unspecified atom stereocenters. The van der Waals surface area contributed by atoms with Crippen LogP contribution in [0.2, 0.25) is 0 Å². The number of aromatic nitrogens is 6. The molecule has 206 valence electrons. The quantitative estimate of drug-likeness (QED) is 0.426. The molecule has 4 atom stereocenters. The van der Waals surface area contributed by atoms with Crippen LogP contribution in [0, 0.1) is 30.6 Å². The summed E-state index contributed by atoms with van der Waals surface area (Å²) in [5.74, 6) is 2.87. The van der Waals surface area contributed by atoms with Gasteiger partial charge in [0.05, 0.1) is 28.9 Å². The van der Waals surface area contributed by atoms with Crippen LogP contribution in [0.3, 0.4) is 0 Å². The molecule has 12 heteroatoms. The molecule has 1 saturated heterocycles. The molecule has 0 bridgehead atoms. The summed E-state index contributed by atoms with van der Waals surface area (Å²) in [6.07, 6.45) is 7.71. The van der Waals surface area contributed by atoms with Gasteiger partial charge in [0.1, 0.15) is 11.8 Å². The number of anilines is 1. The minimum Gasteiger partial charge on any atom is -0.365 e. The second-order valence-corrected chi connectivity index (χ2v) is 14.0. The van der Waals surface area contributed by atoms with Gasteiger partial charge >= 0.3 is 0 Å². The molecular weight excluding hydrogens is 516 g/mol. The summed E-state index contributed by atoms with van der Waals surface area (Å²) in [7, 11) is -3.14. The number of rotatable bonds is 9. The fraction of sp³-hybridized carbons (Fsp3) is 0.630. The first-order valence-corrected chi connectivity index (χ1v) is 15.7. The van der Waals surface area contributed by atoms with Crippen LogP contribution in [-0.4, -0.2) is 67.6 Å². The fourth-order valence-corrected chi connectivity index (χ4v) is 7.54. The average molecular weight is 551 g/mol. The Hall–Kier alpha value is -2.99.